The van der Waals surface area contributed by atoms with Crippen LogP contribution in [0.2, 0.25) is 0 Å². The van der Waals surface area contributed by atoms with E-state index in [4.69, 9.17) is 12.2 Å². The molecule has 0 aliphatic carbocycles. The molecule has 1 atom stereocenters. The third kappa shape index (κ3) is 4.65. The summed E-state index contributed by atoms with van der Waals surface area (Å²) in [7, 11) is -3.08. The number of anilines is 1. The number of sulfone groups is 1. The molecule has 1 amide bonds. The Kier molecular flexibility index (Phi) is 5.59. The first-order valence-electron chi connectivity index (χ1n) is 7.48. The standard InChI is InChI=1S/C15H21N3O3S2/c1-3-11-6-4-5-10(2)13(11)16-15(22)18-17-14(19)12-7-8-23(20,21)9-12/h4-6,12H,3,7-9H2,1-2H3,(H,17,19)(H2,16,18,22)/t12-/m1/s1. The van der Waals surface area contributed by atoms with Crippen LogP contribution in [0.4, 0.5) is 5.69 Å². The summed E-state index contributed by atoms with van der Waals surface area (Å²) in [5.41, 5.74) is 8.23. The van der Waals surface area contributed by atoms with Crippen molar-refractivity contribution in [3.05, 3.63) is 29.3 Å². The number of hydrogen-bond donors (Lipinski definition) is 3. The molecule has 1 aliphatic heterocycles. The van der Waals surface area contributed by atoms with E-state index in [1.165, 1.54) is 0 Å². The number of benzene rings is 1. The van der Waals surface area contributed by atoms with E-state index in [0.29, 0.717) is 6.42 Å². The number of amides is 1. The molecule has 1 aromatic carbocycles. The molecule has 0 radical (unpaired) electrons. The van der Waals surface area contributed by atoms with Gasteiger partial charge in [0.1, 0.15) is 0 Å². The van der Waals surface area contributed by atoms with Gasteiger partial charge in [-0.1, -0.05) is 25.1 Å². The molecule has 1 saturated heterocycles. The lowest BCUT2D eigenvalue weighted by atomic mass is 10.1. The van der Waals surface area contributed by atoms with E-state index < -0.39 is 15.8 Å². The van der Waals surface area contributed by atoms with E-state index in [2.05, 4.69) is 23.1 Å². The molecule has 0 unspecified atom stereocenters. The molecule has 1 fully saturated rings. The summed E-state index contributed by atoms with van der Waals surface area (Å²) in [6.45, 7) is 4.03. The van der Waals surface area contributed by atoms with Crippen LogP contribution >= 0.6 is 12.2 Å². The molecule has 0 aromatic heterocycles. The summed E-state index contributed by atoms with van der Waals surface area (Å²) >= 11 is 5.19. The second-order valence-electron chi connectivity index (χ2n) is 5.63. The molecule has 8 heteroatoms. The normalized spacial score (nSPS) is 19.1. The Hall–Kier alpha value is -1.67. The summed E-state index contributed by atoms with van der Waals surface area (Å²) in [5, 5.41) is 3.35. The molecule has 1 aromatic rings. The number of carbonyl (C=O) groups is 1. The van der Waals surface area contributed by atoms with Crippen molar-refractivity contribution < 1.29 is 13.2 Å². The lowest BCUT2D eigenvalue weighted by Gasteiger charge is -2.17. The maximum absolute atomic E-state index is 12.0. The van der Waals surface area contributed by atoms with E-state index in [0.717, 1.165) is 23.2 Å². The molecule has 6 nitrogen and oxygen atoms in total. The van der Waals surface area contributed by atoms with Gasteiger partial charge in [-0.2, -0.15) is 0 Å². The average molecular weight is 355 g/mol. The lowest BCUT2D eigenvalue weighted by Crippen LogP contribution is -2.46. The molecule has 126 valence electrons. The fraction of sp³-hybridized carbons (Fsp3) is 0.467. The highest BCUT2D eigenvalue weighted by molar-refractivity contribution is 7.91. The molecule has 3 N–H and O–H groups in total. The van der Waals surface area contributed by atoms with Crippen molar-refractivity contribution in [2.24, 2.45) is 5.92 Å². The number of rotatable bonds is 3. The second-order valence-corrected chi connectivity index (χ2v) is 8.27. The minimum Gasteiger partial charge on any atom is -0.331 e. The van der Waals surface area contributed by atoms with Gasteiger partial charge in [-0.3, -0.25) is 15.6 Å². The molecule has 1 heterocycles. The van der Waals surface area contributed by atoms with Crippen LogP contribution in [0.5, 0.6) is 0 Å². The summed E-state index contributed by atoms with van der Waals surface area (Å²) in [6.07, 6.45) is 1.22. The summed E-state index contributed by atoms with van der Waals surface area (Å²) in [5.74, 6) is -0.898. The average Bonchev–Trinajstić information content (AvgIpc) is 2.87. The van der Waals surface area contributed by atoms with Gasteiger partial charge in [0.05, 0.1) is 17.4 Å². The maximum Gasteiger partial charge on any atom is 0.242 e. The fourth-order valence-corrected chi connectivity index (χ4v) is 4.46. The second kappa shape index (κ2) is 7.27. The smallest absolute Gasteiger partial charge is 0.242 e. The molecule has 0 bridgehead atoms. The van der Waals surface area contributed by atoms with Crippen LogP contribution < -0.4 is 16.2 Å². The van der Waals surface area contributed by atoms with E-state index in [1.54, 1.807) is 0 Å². The van der Waals surface area contributed by atoms with Crippen LogP contribution in [0.25, 0.3) is 0 Å². The van der Waals surface area contributed by atoms with E-state index >= 15 is 0 Å². The van der Waals surface area contributed by atoms with Gasteiger partial charge in [0.15, 0.2) is 14.9 Å². The fourth-order valence-electron chi connectivity index (χ4n) is 2.57. The third-order valence-corrected chi connectivity index (χ3v) is 5.85. The van der Waals surface area contributed by atoms with Crippen molar-refractivity contribution in [3.63, 3.8) is 0 Å². The van der Waals surface area contributed by atoms with Crippen LogP contribution in [0.3, 0.4) is 0 Å². The Morgan fingerprint density at radius 1 is 1.35 bits per heavy atom. The van der Waals surface area contributed by atoms with Gasteiger partial charge in [-0.15, -0.1) is 0 Å². The first-order chi connectivity index (χ1) is 10.8. The van der Waals surface area contributed by atoms with Gasteiger partial charge in [0, 0.05) is 5.69 Å². The van der Waals surface area contributed by atoms with E-state index in [1.807, 2.05) is 25.1 Å². The SMILES string of the molecule is CCc1cccc(C)c1NC(=S)NNC(=O)[C@@H]1CCS(=O)(=O)C1. The van der Waals surface area contributed by atoms with E-state index in [-0.39, 0.29) is 22.5 Å². The van der Waals surface area contributed by atoms with Crippen molar-refractivity contribution in [1.82, 2.24) is 10.9 Å². The Bertz CT molecular complexity index is 717. The maximum atomic E-state index is 12.0. The zero-order valence-electron chi connectivity index (χ0n) is 13.2. The quantitative estimate of drug-likeness (QED) is 0.560. The number of hydrazine groups is 1. The van der Waals surface area contributed by atoms with Gasteiger partial charge >= 0.3 is 0 Å². The van der Waals surface area contributed by atoms with Gasteiger partial charge < -0.3 is 5.32 Å². The zero-order valence-corrected chi connectivity index (χ0v) is 14.8. The minimum absolute atomic E-state index is 0.0663. The van der Waals surface area contributed by atoms with E-state index in [9.17, 15) is 13.2 Å². The first kappa shape index (κ1) is 17.7. The number of nitrogens with one attached hydrogen (secondary N) is 3. The van der Waals surface area contributed by atoms with Crippen LogP contribution in [0.1, 0.15) is 24.5 Å². The molecule has 0 spiro atoms. The molecule has 0 saturated carbocycles. The number of thiocarbonyl (C=S) groups is 1. The number of para-hydroxylation sites is 1. The van der Waals surface area contributed by atoms with Gasteiger partial charge in [0.25, 0.3) is 0 Å². The molecule has 2 rings (SSSR count). The summed E-state index contributed by atoms with van der Waals surface area (Å²) in [6, 6.07) is 5.98. The Morgan fingerprint density at radius 2 is 2.09 bits per heavy atom. The van der Waals surface area contributed by atoms with Crippen LogP contribution in [0, 0.1) is 12.8 Å². The molecular weight excluding hydrogens is 334 g/mol. The molecule has 1 aliphatic rings. The lowest BCUT2D eigenvalue weighted by molar-refractivity contribution is -0.124. The summed E-state index contributed by atoms with van der Waals surface area (Å²) < 4.78 is 22.8. The third-order valence-electron chi connectivity index (χ3n) is 3.88. The van der Waals surface area contributed by atoms with Crippen molar-refractivity contribution in [3.8, 4) is 0 Å². The highest BCUT2D eigenvalue weighted by Gasteiger charge is 2.32. The minimum atomic E-state index is -3.08. The van der Waals surface area contributed by atoms with Gasteiger partial charge in [0.2, 0.25) is 5.91 Å². The Morgan fingerprint density at radius 3 is 2.70 bits per heavy atom. The van der Waals surface area contributed by atoms with Gasteiger partial charge in [-0.25, -0.2) is 8.42 Å². The van der Waals surface area contributed by atoms with Crippen molar-refractivity contribution in [2.45, 2.75) is 26.7 Å². The van der Waals surface area contributed by atoms with Gasteiger partial charge in [-0.05, 0) is 43.1 Å². The van der Waals surface area contributed by atoms with Crippen molar-refractivity contribution >= 4 is 38.8 Å². The Balaban J connectivity index is 1.90. The Labute approximate surface area is 141 Å². The van der Waals surface area contributed by atoms with Crippen LogP contribution in [0.15, 0.2) is 18.2 Å². The number of aryl methyl sites for hydroxylation is 2. The monoisotopic (exact) mass is 355 g/mol. The largest absolute Gasteiger partial charge is 0.331 e. The topological polar surface area (TPSA) is 87.3 Å². The molecular formula is C15H21N3O3S2. The zero-order chi connectivity index (χ0) is 17.0. The predicted molar refractivity (Wildman–Crippen MR) is 94.8 cm³/mol. The highest BCUT2D eigenvalue weighted by atomic mass is 32.2. The summed E-state index contributed by atoms with van der Waals surface area (Å²) in [4.78, 5) is 12.0. The van der Waals surface area contributed by atoms with Crippen molar-refractivity contribution in [1.29, 1.82) is 0 Å². The first-order valence-corrected chi connectivity index (χ1v) is 9.71. The number of carbonyl (C=O) groups excluding carboxylic acids is 1. The molecule has 23 heavy (non-hydrogen) atoms. The van der Waals surface area contributed by atoms with Crippen LogP contribution in [-0.4, -0.2) is 30.9 Å². The predicted octanol–water partition coefficient (Wildman–Crippen LogP) is 1.31. The van der Waals surface area contributed by atoms with Crippen molar-refractivity contribution in [2.75, 3.05) is 16.8 Å². The number of hydrogen-bond acceptors (Lipinski definition) is 4. The van der Waals surface area contributed by atoms with Crippen LogP contribution in [-0.2, 0) is 21.1 Å². The highest BCUT2D eigenvalue weighted by Crippen LogP contribution is 2.21.